The van der Waals surface area contributed by atoms with Crippen LogP contribution in [0.4, 0.5) is 0 Å². The zero-order valence-corrected chi connectivity index (χ0v) is 10.5. The van der Waals surface area contributed by atoms with Crippen molar-refractivity contribution in [2.24, 2.45) is 0 Å². The van der Waals surface area contributed by atoms with Gasteiger partial charge in [-0.3, -0.25) is 4.79 Å². The van der Waals surface area contributed by atoms with Gasteiger partial charge in [-0.25, -0.2) is 0 Å². The van der Waals surface area contributed by atoms with Gasteiger partial charge >= 0.3 is 0 Å². The maximum atomic E-state index is 12.2. The van der Waals surface area contributed by atoms with Crippen molar-refractivity contribution < 1.29 is 15.0 Å². The van der Waals surface area contributed by atoms with E-state index in [0.29, 0.717) is 0 Å². The molecule has 2 N–H and O–H groups in total. The molecule has 2 aromatic rings. The summed E-state index contributed by atoms with van der Waals surface area (Å²) in [5, 5.41) is 18.8. The van der Waals surface area contributed by atoms with Gasteiger partial charge in [-0.2, -0.15) is 0 Å². The molecule has 0 aliphatic heterocycles. The lowest BCUT2D eigenvalue weighted by Crippen LogP contribution is -2.02. The van der Waals surface area contributed by atoms with Crippen molar-refractivity contribution in [2.45, 2.75) is 0 Å². The lowest BCUT2D eigenvalue weighted by Gasteiger charge is -2.07. The molecule has 3 nitrogen and oxygen atoms in total. The first-order valence-electron chi connectivity index (χ1n) is 5.02. The fourth-order valence-electron chi connectivity index (χ4n) is 1.53. The van der Waals surface area contributed by atoms with Crippen LogP contribution >= 0.6 is 23.2 Å². The molecule has 0 heterocycles. The number of para-hydroxylation sites is 1. The molecule has 0 spiro atoms. The first kappa shape index (κ1) is 12.7. The lowest BCUT2D eigenvalue weighted by atomic mass is 10.0. The van der Waals surface area contributed by atoms with Crippen LogP contribution in [-0.4, -0.2) is 16.0 Å². The van der Waals surface area contributed by atoms with Crippen LogP contribution in [0.1, 0.15) is 15.9 Å². The molecule has 0 amide bonds. The number of phenols is 2. The molecule has 0 aliphatic carbocycles. The molecule has 18 heavy (non-hydrogen) atoms. The third-order valence-electron chi connectivity index (χ3n) is 2.46. The summed E-state index contributed by atoms with van der Waals surface area (Å²) in [7, 11) is 0. The summed E-state index contributed by atoms with van der Waals surface area (Å²) in [5.41, 5.74) is 0.252. The number of benzene rings is 2. The number of phenolic OH excluding ortho intramolecular Hbond substituents is 2. The fraction of sp³-hybridized carbons (Fsp3) is 0. The number of hydrogen-bond acceptors (Lipinski definition) is 3. The Balaban J connectivity index is 2.54. The van der Waals surface area contributed by atoms with E-state index in [1.165, 1.54) is 24.3 Å². The minimum atomic E-state index is -0.458. The molecule has 0 aliphatic rings. The fourth-order valence-corrected chi connectivity index (χ4v) is 1.94. The molecule has 0 bridgehead atoms. The number of carbonyl (C=O) groups excluding carboxylic acids is 1. The summed E-state index contributed by atoms with van der Waals surface area (Å²) in [5.74, 6) is -0.793. The van der Waals surface area contributed by atoms with Crippen LogP contribution in [0.15, 0.2) is 36.4 Å². The monoisotopic (exact) mass is 282 g/mol. The number of carbonyl (C=O) groups is 1. The van der Waals surface area contributed by atoms with Crippen LogP contribution < -0.4 is 0 Å². The molecule has 5 heteroatoms. The van der Waals surface area contributed by atoms with Crippen LogP contribution in [0.2, 0.25) is 10.0 Å². The second kappa shape index (κ2) is 4.88. The van der Waals surface area contributed by atoms with Crippen molar-refractivity contribution in [3.63, 3.8) is 0 Å². The van der Waals surface area contributed by atoms with Gasteiger partial charge in [0.1, 0.15) is 16.5 Å². The molecular weight excluding hydrogens is 275 g/mol. The Morgan fingerprint density at radius 1 is 0.833 bits per heavy atom. The lowest BCUT2D eigenvalue weighted by molar-refractivity contribution is 0.103. The zero-order chi connectivity index (χ0) is 13.3. The Kier molecular flexibility index (Phi) is 3.45. The van der Waals surface area contributed by atoms with Crippen molar-refractivity contribution in [1.82, 2.24) is 0 Å². The largest absolute Gasteiger partial charge is 0.507 e. The Morgan fingerprint density at radius 2 is 1.50 bits per heavy atom. The van der Waals surface area contributed by atoms with E-state index < -0.39 is 5.78 Å². The summed E-state index contributed by atoms with van der Waals surface area (Å²) in [6.07, 6.45) is 0. The summed E-state index contributed by atoms with van der Waals surface area (Å²) >= 11 is 11.7. The molecule has 0 unspecified atom stereocenters. The Labute approximate surface area is 113 Å². The number of halogens is 2. The third kappa shape index (κ3) is 2.15. The van der Waals surface area contributed by atoms with Gasteiger partial charge in [0, 0.05) is 5.56 Å². The maximum absolute atomic E-state index is 12.2. The van der Waals surface area contributed by atoms with Gasteiger partial charge in [-0.05, 0) is 24.3 Å². The average molecular weight is 283 g/mol. The number of rotatable bonds is 2. The first-order chi connectivity index (χ1) is 8.52. The van der Waals surface area contributed by atoms with E-state index in [0.717, 1.165) is 0 Å². The molecule has 0 fully saturated rings. The highest BCUT2D eigenvalue weighted by molar-refractivity contribution is 6.45. The SMILES string of the molecule is O=C(c1ccccc1O)c1ccc(O)c(Cl)c1Cl. The molecular formula is C13H8Cl2O3. The smallest absolute Gasteiger partial charge is 0.198 e. The van der Waals surface area contributed by atoms with Gasteiger partial charge in [0.25, 0.3) is 0 Å². The van der Waals surface area contributed by atoms with Gasteiger partial charge in [0.05, 0.1) is 10.6 Å². The quantitative estimate of drug-likeness (QED) is 0.827. The highest BCUT2D eigenvalue weighted by atomic mass is 35.5. The minimum absolute atomic E-state index is 0.0371. The normalized spacial score (nSPS) is 10.3. The Hall–Kier alpha value is -1.71. The number of aromatic hydroxyl groups is 2. The van der Waals surface area contributed by atoms with Crippen LogP contribution in [0, 0.1) is 0 Å². The van der Waals surface area contributed by atoms with Crippen LogP contribution in [0.25, 0.3) is 0 Å². The van der Waals surface area contributed by atoms with E-state index >= 15 is 0 Å². The van der Waals surface area contributed by atoms with Gasteiger partial charge in [0.2, 0.25) is 0 Å². The van der Waals surface area contributed by atoms with Crippen molar-refractivity contribution in [2.75, 3.05) is 0 Å². The zero-order valence-electron chi connectivity index (χ0n) is 9.02. The maximum Gasteiger partial charge on any atom is 0.198 e. The van der Waals surface area contributed by atoms with Gasteiger partial charge in [-0.1, -0.05) is 35.3 Å². The Bertz CT molecular complexity index is 624. The second-order valence-electron chi connectivity index (χ2n) is 3.61. The summed E-state index contributed by atoms with van der Waals surface area (Å²) < 4.78 is 0. The molecule has 2 aromatic carbocycles. The van der Waals surface area contributed by atoms with Gasteiger partial charge < -0.3 is 10.2 Å². The van der Waals surface area contributed by atoms with Crippen LogP contribution in [-0.2, 0) is 0 Å². The van der Waals surface area contributed by atoms with E-state index in [4.69, 9.17) is 23.2 Å². The van der Waals surface area contributed by atoms with Crippen molar-refractivity contribution >= 4 is 29.0 Å². The molecule has 0 saturated heterocycles. The number of hydrogen-bond donors (Lipinski definition) is 2. The average Bonchev–Trinajstić information content (AvgIpc) is 2.36. The molecule has 0 atom stereocenters. The minimum Gasteiger partial charge on any atom is -0.507 e. The third-order valence-corrected chi connectivity index (χ3v) is 3.33. The standard InChI is InChI=1S/C13H8Cl2O3/c14-11-8(5-6-10(17)12(11)15)13(18)7-3-1-2-4-9(7)16/h1-6,16-17H. The first-order valence-corrected chi connectivity index (χ1v) is 5.77. The van der Waals surface area contributed by atoms with Gasteiger partial charge in [0.15, 0.2) is 5.78 Å². The highest BCUT2D eigenvalue weighted by Crippen LogP contribution is 2.35. The predicted molar refractivity (Wildman–Crippen MR) is 69.7 cm³/mol. The van der Waals surface area contributed by atoms with Crippen molar-refractivity contribution in [3.8, 4) is 11.5 Å². The van der Waals surface area contributed by atoms with Crippen molar-refractivity contribution in [1.29, 1.82) is 0 Å². The summed E-state index contributed by atoms with van der Waals surface area (Å²) in [6.45, 7) is 0. The number of ketones is 1. The van der Waals surface area contributed by atoms with Crippen LogP contribution in [0.3, 0.4) is 0 Å². The van der Waals surface area contributed by atoms with E-state index in [2.05, 4.69) is 0 Å². The molecule has 92 valence electrons. The van der Waals surface area contributed by atoms with Crippen molar-refractivity contribution in [3.05, 3.63) is 57.6 Å². The Morgan fingerprint density at radius 3 is 2.17 bits per heavy atom. The highest BCUT2D eigenvalue weighted by Gasteiger charge is 2.19. The molecule has 2 rings (SSSR count). The molecule has 0 saturated carbocycles. The van der Waals surface area contributed by atoms with E-state index in [-0.39, 0.29) is 32.7 Å². The van der Waals surface area contributed by atoms with E-state index in [1.54, 1.807) is 12.1 Å². The second-order valence-corrected chi connectivity index (χ2v) is 4.36. The predicted octanol–water partition coefficient (Wildman–Crippen LogP) is 3.64. The van der Waals surface area contributed by atoms with E-state index in [9.17, 15) is 15.0 Å². The van der Waals surface area contributed by atoms with E-state index in [1.807, 2.05) is 0 Å². The van der Waals surface area contributed by atoms with Crippen LogP contribution in [0.5, 0.6) is 11.5 Å². The topological polar surface area (TPSA) is 57.5 Å². The van der Waals surface area contributed by atoms with Gasteiger partial charge in [-0.15, -0.1) is 0 Å². The molecule has 0 radical (unpaired) electrons. The molecule has 0 aromatic heterocycles. The summed E-state index contributed by atoms with van der Waals surface area (Å²) in [4.78, 5) is 12.2. The summed E-state index contributed by atoms with van der Waals surface area (Å²) in [6, 6.07) is 8.76.